The predicted molar refractivity (Wildman–Crippen MR) is 72.1 cm³/mol. The van der Waals surface area contributed by atoms with Crippen LogP contribution in [-0.2, 0) is 4.74 Å². The van der Waals surface area contributed by atoms with E-state index in [1.807, 2.05) is 0 Å². The highest BCUT2D eigenvalue weighted by atomic mass is 16.6. The van der Waals surface area contributed by atoms with Crippen molar-refractivity contribution in [3.8, 4) is 0 Å². The Morgan fingerprint density at radius 1 is 0.826 bits per heavy atom. The van der Waals surface area contributed by atoms with Crippen LogP contribution in [0.2, 0.25) is 0 Å². The van der Waals surface area contributed by atoms with Gasteiger partial charge in [-0.05, 0) is 12.1 Å². The van der Waals surface area contributed by atoms with Gasteiger partial charge in [-0.3, -0.25) is 9.97 Å². The average molecular weight is 316 g/mol. The maximum atomic E-state index is 10.8. The first kappa shape index (κ1) is 15.8. The summed E-state index contributed by atoms with van der Waals surface area (Å²) < 4.78 is 4.31. The monoisotopic (exact) mass is 316 g/mol. The number of carbonyl (C=O) groups excluding carboxylic acids is 2. The second-order valence-corrected chi connectivity index (χ2v) is 4.13. The van der Waals surface area contributed by atoms with E-state index in [9.17, 15) is 19.2 Å². The molecular weight excluding hydrogens is 308 g/mol. The first-order valence-electron chi connectivity index (χ1n) is 6.03. The number of esters is 2. The van der Waals surface area contributed by atoms with Gasteiger partial charge >= 0.3 is 23.9 Å². The summed E-state index contributed by atoms with van der Waals surface area (Å²) in [4.78, 5) is 49.6. The summed E-state index contributed by atoms with van der Waals surface area (Å²) in [6, 6.07) is 2.61. The van der Waals surface area contributed by atoms with Crippen LogP contribution in [0.3, 0.4) is 0 Å². The molecule has 2 aromatic heterocycles. The molecule has 2 aromatic rings. The summed E-state index contributed by atoms with van der Waals surface area (Å²) in [5, 5.41) is 17.0. The highest BCUT2D eigenvalue weighted by Gasteiger charge is 2.28. The lowest BCUT2D eigenvalue weighted by atomic mass is 10.1. The van der Waals surface area contributed by atoms with Crippen molar-refractivity contribution in [1.82, 2.24) is 9.97 Å². The summed E-state index contributed by atoms with van der Waals surface area (Å²) in [5.74, 6) is -3.76. The third-order valence-electron chi connectivity index (χ3n) is 2.73. The second kappa shape index (κ2) is 6.43. The number of fused-ring (bicyclic) bond motifs is 1. The number of ether oxygens (including phenoxy) is 1. The number of cyclic esters (lactones) is 2. The molecule has 0 radical (unpaired) electrons. The van der Waals surface area contributed by atoms with Gasteiger partial charge in [0.25, 0.3) is 0 Å². The van der Waals surface area contributed by atoms with E-state index in [1.54, 1.807) is 0 Å². The lowest BCUT2D eigenvalue weighted by Crippen LogP contribution is -2.07. The number of nitrogens with zero attached hydrogens (tertiary/aromatic N) is 2. The Labute approximate surface area is 128 Å². The maximum absolute atomic E-state index is 10.8. The van der Waals surface area contributed by atoms with Crippen molar-refractivity contribution in [3.05, 3.63) is 59.2 Å². The van der Waals surface area contributed by atoms with E-state index in [2.05, 4.69) is 14.7 Å². The van der Waals surface area contributed by atoms with Crippen LogP contribution in [0.5, 0.6) is 0 Å². The lowest BCUT2D eigenvalue weighted by Gasteiger charge is -1.97. The first-order valence-corrected chi connectivity index (χ1v) is 6.03. The normalized spacial score (nSPS) is 11.8. The molecule has 3 heterocycles. The molecule has 9 heteroatoms. The van der Waals surface area contributed by atoms with Gasteiger partial charge in [-0.1, -0.05) is 0 Å². The van der Waals surface area contributed by atoms with Crippen molar-refractivity contribution < 1.29 is 34.1 Å². The molecule has 0 bridgehead atoms. The van der Waals surface area contributed by atoms with Crippen LogP contribution in [-0.4, -0.2) is 44.1 Å². The molecule has 0 fully saturated rings. The van der Waals surface area contributed by atoms with E-state index in [1.165, 1.54) is 24.7 Å². The van der Waals surface area contributed by atoms with Gasteiger partial charge in [-0.15, -0.1) is 0 Å². The molecule has 23 heavy (non-hydrogen) atoms. The molecule has 2 N–H and O–H groups in total. The van der Waals surface area contributed by atoms with E-state index in [0.29, 0.717) is 5.56 Å². The fraction of sp³-hybridized carbons (Fsp3) is 0. The number of carboxylic acids is 2. The van der Waals surface area contributed by atoms with Crippen LogP contribution in [0.4, 0.5) is 0 Å². The maximum Gasteiger partial charge on any atom is 0.348 e. The average Bonchev–Trinajstić information content (AvgIpc) is 2.83. The van der Waals surface area contributed by atoms with Crippen molar-refractivity contribution in [2.24, 2.45) is 0 Å². The number of carboxylic acid groups (broad SMARTS) is 2. The molecular formula is C14H8N2O7. The number of carbonyl (C=O) groups is 4. The molecule has 9 nitrogen and oxygen atoms in total. The van der Waals surface area contributed by atoms with E-state index < -0.39 is 23.9 Å². The topological polar surface area (TPSA) is 144 Å². The standard InChI is InChI=1S/C7H5NO4.C7H3NO3/c9-6(10)4-1-2-8-3-5(4)7(11)12;9-6-4-1-2-8-3-5(4)7(10)11-6/h1-3H,(H,9,10)(H,11,12);1-3H. The number of pyridine rings is 2. The Balaban J connectivity index is 0.000000167. The molecule has 3 rings (SSSR count). The van der Waals surface area contributed by atoms with Gasteiger partial charge in [0.1, 0.15) is 0 Å². The van der Waals surface area contributed by atoms with Crippen LogP contribution < -0.4 is 0 Å². The largest absolute Gasteiger partial charge is 0.478 e. The van der Waals surface area contributed by atoms with Crippen LogP contribution >= 0.6 is 0 Å². The molecule has 0 aliphatic carbocycles. The van der Waals surface area contributed by atoms with Crippen molar-refractivity contribution in [2.75, 3.05) is 0 Å². The first-order chi connectivity index (χ1) is 10.9. The van der Waals surface area contributed by atoms with Crippen molar-refractivity contribution in [3.63, 3.8) is 0 Å². The van der Waals surface area contributed by atoms with Crippen LogP contribution in [0, 0.1) is 0 Å². The van der Waals surface area contributed by atoms with Crippen molar-refractivity contribution in [2.45, 2.75) is 0 Å². The quantitative estimate of drug-likeness (QED) is 0.609. The molecule has 116 valence electrons. The van der Waals surface area contributed by atoms with E-state index in [0.717, 1.165) is 12.3 Å². The number of aromatic carboxylic acids is 2. The summed E-state index contributed by atoms with van der Waals surface area (Å²) in [7, 11) is 0. The van der Waals surface area contributed by atoms with Gasteiger partial charge < -0.3 is 14.9 Å². The lowest BCUT2D eigenvalue weighted by molar-refractivity contribution is 0.0442. The minimum absolute atomic E-state index is 0.248. The zero-order chi connectivity index (χ0) is 17.0. The van der Waals surface area contributed by atoms with Gasteiger partial charge in [0.05, 0.1) is 22.3 Å². The highest BCUT2D eigenvalue weighted by molar-refractivity contribution is 6.14. The molecule has 0 atom stereocenters. The molecule has 0 spiro atoms. The van der Waals surface area contributed by atoms with Crippen LogP contribution in [0.25, 0.3) is 0 Å². The fourth-order valence-electron chi connectivity index (χ4n) is 1.68. The smallest absolute Gasteiger partial charge is 0.348 e. The van der Waals surface area contributed by atoms with Crippen LogP contribution in [0.15, 0.2) is 36.9 Å². The van der Waals surface area contributed by atoms with Gasteiger partial charge in [-0.25, -0.2) is 19.2 Å². The molecule has 0 saturated carbocycles. The number of hydrogen-bond acceptors (Lipinski definition) is 7. The van der Waals surface area contributed by atoms with E-state index in [4.69, 9.17) is 10.2 Å². The summed E-state index contributed by atoms with van der Waals surface area (Å²) in [6.45, 7) is 0. The predicted octanol–water partition coefficient (Wildman–Crippen LogP) is 0.870. The number of rotatable bonds is 2. The van der Waals surface area contributed by atoms with Gasteiger partial charge in [-0.2, -0.15) is 0 Å². The third-order valence-corrected chi connectivity index (χ3v) is 2.73. The number of hydrogen-bond donors (Lipinski definition) is 2. The van der Waals surface area contributed by atoms with Gasteiger partial charge in [0.15, 0.2) is 0 Å². The molecule has 0 unspecified atom stereocenters. The summed E-state index contributed by atoms with van der Waals surface area (Å²) >= 11 is 0. The van der Waals surface area contributed by atoms with Gasteiger partial charge in [0, 0.05) is 24.8 Å². The Morgan fingerprint density at radius 3 is 1.96 bits per heavy atom. The fourth-order valence-corrected chi connectivity index (χ4v) is 1.68. The third kappa shape index (κ3) is 3.35. The highest BCUT2D eigenvalue weighted by Crippen LogP contribution is 2.17. The SMILES string of the molecule is O=C(O)c1ccncc1C(=O)O.O=C1OC(=O)c2cnccc21. The second-order valence-electron chi connectivity index (χ2n) is 4.13. The van der Waals surface area contributed by atoms with E-state index >= 15 is 0 Å². The minimum atomic E-state index is -1.29. The summed E-state index contributed by atoms with van der Waals surface area (Å²) in [5.41, 5.74) is -0.00926. The van der Waals surface area contributed by atoms with E-state index in [-0.39, 0.29) is 16.7 Å². The van der Waals surface area contributed by atoms with Crippen LogP contribution in [0.1, 0.15) is 41.4 Å². The zero-order valence-electron chi connectivity index (χ0n) is 11.3. The Kier molecular flexibility index (Phi) is 4.41. The van der Waals surface area contributed by atoms with Gasteiger partial charge in [0.2, 0.25) is 0 Å². The Hall–Kier alpha value is -3.62. The van der Waals surface area contributed by atoms with Crippen molar-refractivity contribution >= 4 is 23.9 Å². The Morgan fingerprint density at radius 2 is 1.39 bits per heavy atom. The minimum Gasteiger partial charge on any atom is -0.478 e. The molecule has 0 saturated heterocycles. The van der Waals surface area contributed by atoms with Crippen molar-refractivity contribution in [1.29, 1.82) is 0 Å². The number of aromatic nitrogens is 2. The molecule has 1 aliphatic rings. The molecule has 1 aliphatic heterocycles. The molecule has 0 amide bonds. The zero-order valence-corrected chi connectivity index (χ0v) is 11.3. The Bertz CT molecular complexity index is 750. The summed E-state index contributed by atoms with van der Waals surface area (Å²) in [6.07, 6.45) is 5.00. The molecule has 0 aromatic carbocycles.